The minimum Gasteiger partial charge on any atom is -0.481 e. The normalized spacial score (nSPS) is 17.9. The molecule has 1 aromatic rings. The summed E-state index contributed by atoms with van der Waals surface area (Å²) in [5.41, 5.74) is 1.53. The van der Waals surface area contributed by atoms with Gasteiger partial charge in [0.15, 0.2) is 0 Å². The molecule has 0 saturated heterocycles. The van der Waals surface area contributed by atoms with E-state index in [0.717, 1.165) is 35.7 Å². The van der Waals surface area contributed by atoms with E-state index < -0.39 is 11.4 Å². The summed E-state index contributed by atoms with van der Waals surface area (Å²) in [6, 6.07) is 6.04. The number of aliphatic carboxylic acids is 1. The molecule has 0 aromatic heterocycles. The molecule has 0 heterocycles. The highest BCUT2D eigenvalue weighted by Gasteiger charge is 2.46. The lowest BCUT2D eigenvalue weighted by Crippen LogP contribution is -2.42. The molecule has 0 atom stereocenters. The van der Waals surface area contributed by atoms with Crippen molar-refractivity contribution in [3.05, 3.63) is 33.8 Å². The molecule has 0 bridgehead atoms. The first-order valence-corrected chi connectivity index (χ1v) is 6.41. The molecule has 3 heteroatoms. The van der Waals surface area contributed by atoms with Gasteiger partial charge in [0, 0.05) is 4.47 Å². The Morgan fingerprint density at radius 2 is 2.12 bits per heavy atom. The maximum Gasteiger partial charge on any atom is 0.314 e. The van der Waals surface area contributed by atoms with Crippen LogP contribution in [0, 0.1) is 0 Å². The SMILES string of the molecule is CCc1cc(Br)cc(C2(C(=O)O)CCC2)c1. The lowest BCUT2D eigenvalue weighted by atomic mass is 9.64. The van der Waals surface area contributed by atoms with E-state index in [1.807, 2.05) is 12.1 Å². The lowest BCUT2D eigenvalue weighted by molar-refractivity contribution is -0.147. The summed E-state index contributed by atoms with van der Waals surface area (Å²) < 4.78 is 0.981. The van der Waals surface area contributed by atoms with Crippen molar-refractivity contribution in [2.24, 2.45) is 0 Å². The largest absolute Gasteiger partial charge is 0.481 e. The second kappa shape index (κ2) is 4.21. The van der Waals surface area contributed by atoms with Crippen LogP contribution in [0.15, 0.2) is 22.7 Å². The van der Waals surface area contributed by atoms with E-state index in [0.29, 0.717) is 0 Å². The number of benzene rings is 1. The van der Waals surface area contributed by atoms with Gasteiger partial charge < -0.3 is 5.11 Å². The molecule has 86 valence electrons. The number of halogens is 1. The summed E-state index contributed by atoms with van der Waals surface area (Å²) in [5.74, 6) is -0.682. The maximum absolute atomic E-state index is 11.4. The van der Waals surface area contributed by atoms with E-state index >= 15 is 0 Å². The minimum absolute atomic E-state index is 0.617. The van der Waals surface area contributed by atoms with Crippen LogP contribution in [0.2, 0.25) is 0 Å². The predicted molar refractivity (Wildman–Crippen MR) is 66.7 cm³/mol. The van der Waals surface area contributed by atoms with Crippen LogP contribution in [0.4, 0.5) is 0 Å². The fourth-order valence-corrected chi connectivity index (χ4v) is 2.83. The molecule has 0 amide bonds. The van der Waals surface area contributed by atoms with Crippen LogP contribution in [0.25, 0.3) is 0 Å². The summed E-state index contributed by atoms with van der Waals surface area (Å²) in [4.78, 5) is 11.4. The number of hydrogen-bond donors (Lipinski definition) is 1. The molecule has 0 radical (unpaired) electrons. The Morgan fingerprint density at radius 3 is 2.56 bits per heavy atom. The zero-order valence-electron chi connectivity index (χ0n) is 9.29. The Kier molecular flexibility index (Phi) is 3.06. The lowest BCUT2D eigenvalue weighted by Gasteiger charge is -2.38. The highest BCUT2D eigenvalue weighted by Crippen LogP contribution is 2.44. The Labute approximate surface area is 104 Å². The number of carboxylic acids is 1. The maximum atomic E-state index is 11.4. The first-order valence-electron chi connectivity index (χ1n) is 5.62. The Bertz CT molecular complexity index is 422. The zero-order valence-corrected chi connectivity index (χ0v) is 10.9. The van der Waals surface area contributed by atoms with Crippen molar-refractivity contribution in [3.8, 4) is 0 Å². The summed E-state index contributed by atoms with van der Waals surface area (Å²) in [6.07, 6.45) is 3.48. The monoisotopic (exact) mass is 282 g/mol. The van der Waals surface area contributed by atoms with Crippen molar-refractivity contribution in [1.29, 1.82) is 0 Å². The highest BCUT2D eigenvalue weighted by molar-refractivity contribution is 9.10. The van der Waals surface area contributed by atoms with Gasteiger partial charge in [-0.15, -0.1) is 0 Å². The molecule has 2 nitrogen and oxygen atoms in total. The van der Waals surface area contributed by atoms with Gasteiger partial charge >= 0.3 is 5.97 Å². The van der Waals surface area contributed by atoms with Gasteiger partial charge in [0.05, 0.1) is 5.41 Å². The molecule has 1 aromatic carbocycles. The molecule has 1 aliphatic rings. The van der Waals surface area contributed by atoms with E-state index in [1.165, 1.54) is 5.56 Å². The van der Waals surface area contributed by atoms with Crippen molar-refractivity contribution in [3.63, 3.8) is 0 Å². The predicted octanol–water partition coefficient (Wildman–Crippen LogP) is 3.52. The first kappa shape index (κ1) is 11.6. The van der Waals surface area contributed by atoms with E-state index in [2.05, 4.69) is 28.9 Å². The topological polar surface area (TPSA) is 37.3 Å². The molecular formula is C13H15BrO2. The number of carbonyl (C=O) groups is 1. The average Bonchev–Trinajstić information content (AvgIpc) is 2.14. The molecule has 0 aliphatic heterocycles. The molecule has 1 aliphatic carbocycles. The molecule has 1 saturated carbocycles. The molecule has 1 N–H and O–H groups in total. The standard InChI is InChI=1S/C13H15BrO2/c1-2-9-6-10(8-11(14)7-9)13(12(15)16)4-3-5-13/h6-8H,2-5H2,1H3,(H,15,16). The third-order valence-electron chi connectivity index (χ3n) is 3.53. The van der Waals surface area contributed by atoms with Gasteiger partial charge in [-0.2, -0.15) is 0 Å². The molecule has 0 unspecified atom stereocenters. The van der Waals surface area contributed by atoms with Crippen molar-refractivity contribution in [2.75, 3.05) is 0 Å². The van der Waals surface area contributed by atoms with Gasteiger partial charge in [0.25, 0.3) is 0 Å². The highest BCUT2D eigenvalue weighted by atomic mass is 79.9. The Hall–Kier alpha value is -0.830. The van der Waals surface area contributed by atoms with Gasteiger partial charge in [0.1, 0.15) is 0 Å². The van der Waals surface area contributed by atoms with E-state index in [9.17, 15) is 9.90 Å². The third-order valence-corrected chi connectivity index (χ3v) is 3.99. The van der Waals surface area contributed by atoms with E-state index in [-0.39, 0.29) is 0 Å². The van der Waals surface area contributed by atoms with Crippen LogP contribution in [0.3, 0.4) is 0 Å². The number of rotatable bonds is 3. The quantitative estimate of drug-likeness (QED) is 0.921. The van der Waals surface area contributed by atoms with Crippen LogP contribution in [-0.4, -0.2) is 11.1 Å². The summed E-state index contributed by atoms with van der Waals surface area (Å²) >= 11 is 3.46. The number of hydrogen-bond acceptors (Lipinski definition) is 1. The smallest absolute Gasteiger partial charge is 0.314 e. The molecule has 16 heavy (non-hydrogen) atoms. The van der Waals surface area contributed by atoms with Crippen molar-refractivity contribution in [2.45, 2.75) is 38.0 Å². The van der Waals surface area contributed by atoms with Crippen LogP contribution in [0.5, 0.6) is 0 Å². The van der Waals surface area contributed by atoms with Gasteiger partial charge in [-0.3, -0.25) is 4.79 Å². The second-order valence-corrected chi connectivity index (χ2v) is 5.36. The second-order valence-electron chi connectivity index (χ2n) is 4.44. The third kappa shape index (κ3) is 1.77. The Morgan fingerprint density at radius 1 is 1.44 bits per heavy atom. The van der Waals surface area contributed by atoms with Crippen LogP contribution in [-0.2, 0) is 16.6 Å². The van der Waals surface area contributed by atoms with Gasteiger partial charge in [-0.1, -0.05) is 35.3 Å². The summed E-state index contributed by atoms with van der Waals surface area (Å²) in [5, 5.41) is 9.38. The zero-order chi connectivity index (χ0) is 11.8. The van der Waals surface area contributed by atoms with Crippen LogP contribution in [0.1, 0.15) is 37.3 Å². The summed E-state index contributed by atoms with van der Waals surface area (Å²) in [6.45, 7) is 2.08. The van der Waals surface area contributed by atoms with Crippen molar-refractivity contribution >= 4 is 21.9 Å². The molecule has 0 spiro atoms. The van der Waals surface area contributed by atoms with E-state index in [1.54, 1.807) is 0 Å². The van der Waals surface area contributed by atoms with Gasteiger partial charge in [-0.05, 0) is 42.5 Å². The summed E-state index contributed by atoms with van der Waals surface area (Å²) in [7, 11) is 0. The fourth-order valence-electron chi connectivity index (χ4n) is 2.29. The van der Waals surface area contributed by atoms with Crippen molar-refractivity contribution < 1.29 is 9.90 Å². The van der Waals surface area contributed by atoms with E-state index in [4.69, 9.17) is 0 Å². The minimum atomic E-state index is -0.682. The van der Waals surface area contributed by atoms with Gasteiger partial charge in [-0.25, -0.2) is 0 Å². The fraction of sp³-hybridized carbons (Fsp3) is 0.462. The molecule has 2 rings (SSSR count). The van der Waals surface area contributed by atoms with Crippen molar-refractivity contribution in [1.82, 2.24) is 0 Å². The number of aryl methyl sites for hydroxylation is 1. The van der Waals surface area contributed by atoms with Gasteiger partial charge in [0.2, 0.25) is 0 Å². The first-order chi connectivity index (χ1) is 7.58. The number of carboxylic acid groups (broad SMARTS) is 1. The van der Waals surface area contributed by atoms with Crippen LogP contribution < -0.4 is 0 Å². The molecular weight excluding hydrogens is 268 g/mol. The Balaban J connectivity index is 2.46. The molecule has 1 fully saturated rings. The average molecular weight is 283 g/mol. The van der Waals surface area contributed by atoms with Crippen LogP contribution >= 0.6 is 15.9 Å².